The van der Waals surface area contributed by atoms with E-state index in [0.29, 0.717) is 28.8 Å². The van der Waals surface area contributed by atoms with Gasteiger partial charge in [0.25, 0.3) is 5.89 Å². The fraction of sp³-hybridized carbons (Fsp3) is 0.0833. The van der Waals surface area contributed by atoms with Crippen LogP contribution in [-0.4, -0.2) is 24.7 Å². The first-order chi connectivity index (χ1) is 9.28. The maximum Gasteiger partial charge on any atom is 0.276 e. The fourth-order valence-corrected chi connectivity index (χ4v) is 1.59. The second-order valence-corrected chi connectivity index (χ2v) is 3.83. The molecule has 3 aromatic rings. The molecule has 0 aromatic carbocycles. The summed E-state index contributed by atoms with van der Waals surface area (Å²) in [5.74, 6) is 1.31. The van der Waals surface area contributed by atoms with Crippen LogP contribution in [-0.2, 0) is 7.05 Å². The van der Waals surface area contributed by atoms with Crippen molar-refractivity contribution in [2.45, 2.75) is 0 Å². The van der Waals surface area contributed by atoms with Gasteiger partial charge < -0.3 is 9.09 Å². The Morgan fingerprint density at radius 3 is 2.84 bits per heavy atom. The molecule has 0 unspecified atom stereocenters. The SMILES string of the molecule is Cn1ccnc1-c1noc(-c2ccc(C#N)cn2)n1. The summed E-state index contributed by atoms with van der Waals surface area (Å²) in [4.78, 5) is 12.5. The summed E-state index contributed by atoms with van der Waals surface area (Å²) in [6, 6.07) is 5.30. The average molecular weight is 252 g/mol. The summed E-state index contributed by atoms with van der Waals surface area (Å²) in [5, 5.41) is 12.6. The van der Waals surface area contributed by atoms with Gasteiger partial charge in [0.1, 0.15) is 11.8 Å². The minimum absolute atomic E-state index is 0.294. The zero-order chi connectivity index (χ0) is 13.2. The van der Waals surface area contributed by atoms with Crippen molar-refractivity contribution < 1.29 is 4.52 Å². The number of hydrogen-bond acceptors (Lipinski definition) is 6. The highest BCUT2D eigenvalue weighted by molar-refractivity contribution is 5.52. The quantitative estimate of drug-likeness (QED) is 0.684. The number of imidazole rings is 1. The lowest BCUT2D eigenvalue weighted by Gasteiger charge is -1.93. The molecule has 3 rings (SSSR count). The van der Waals surface area contributed by atoms with E-state index < -0.39 is 0 Å². The Morgan fingerprint density at radius 1 is 1.32 bits per heavy atom. The van der Waals surface area contributed by atoms with Gasteiger partial charge in [-0.05, 0) is 12.1 Å². The lowest BCUT2D eigenvalue weighted by Crippen LogP contribution is -1.92. The van der Waals surface area contributed by atoms with Crippen LogP contribution in [0.25, 0.3) is 23.2 Å². The van der Waals surface area contributed by atoms with Crippen molar-refractivity contribution in [2.24, 2.45) is 7.05 Å². The van der Waals surface area contributed by atoms with Gasteiger partial charge in [-0.2, -0.15) is 10.2 Å². The van der Waals surface area contributed by atoms with Crippen LogP contribution in [0.4, 0.5) is 0 Å². The van der Waals surface area contributed by atoms with Gasteiger partial charge in [0.05, 0.1) is 5.56 Å². The number of rotatable bonds is 2. The second kappa shape index (κ2) is 4.34. The van der Waals surface area contributed by atoms with Crippen molar-refractivity contribution in [1.82, 2.24) is 24.7 Å². The molecule has 0 spiro atoms. The summed E-state index contributed by atoms with van der Waals surface area (Å²) in [7, 11) is 1.85. The van der Waals surface area contributed by atoms with Crippen molar-refractivity contribution in [3.05, 3.63) is 36.3 Å². The van der Waals surface area contributed by atoms with Crippen LogP contribution in [0.1, 0.15) is 5.56 Å². The predicted molar refractivity (Wildman–Crippen MR) is 64.4 cm³/mol. The summed E-state index contributed by atoms with van der Waals surface area (Å²) >= 11 is 0. The Balaban J connectivity index is 1.97. The van der Waals surface area contributed by atoms with Gasteiger partial charge in [-0.25, -0.2) is 9.97 Å². The maximum atomic E-state index is 8.71. The van der Waals surface area contributed by atoms with Gasteiger partial charge in [0, 0.05) is 25.6 Å². The molecule has 0 aliphatic carbocycles. The van der Waals surface area contributed by atoms with E-state index in [-0.39, 0.29) is 0 Å². The molecule has 0 amide bonds. The van der Waals surface area contributed by atoms with Gasteiger partial charge in [-0.15, -0.1) is 0 Å². The number of nitriles is 1. The predicted octanol–water partition coefficient (Wildman–Crippen LogP) is 1.40. The first kappa shape index (κ1) is 11.1. The third-order valence-electron chi connectivity index (χ3n) is 2.56. The minimum Gasteiger partial charge on any atom is -0.332 e. The third-order valence-corrected chi connectivity index (χ3v) is 2.56. The van der Waals surface area contributed by atoms with Crippen molar-refractivity contribution in [3.63, 3.8) is 0 Å². The normalized spacial score (nSPS) is 10.3. The first-order valence-electron chi connectivity index (χ1n) is 5.46. The number of aryl methyl sites for hydroxylation is 1. The second-order valence-electron chi connectivity index (χ2n) is 3.83. The lowest BCUT2D eigenvalue weighted by molar-refractivity contribution is 0.430. The maximum absolute atomic E-state index is 8.71. The molecule has 0 fully saturated rings. The highest BCUT2D eigenvalue weighted by Gasteiger charge is 2.14. The Hall–Kier alpha value is -3.01. The van der Waals surface area contributed by atoms with Crippen LogP contribution >= 0.6 is 0 Å². The number of aromatic nitrogens is 5. The highest BCUT2D eigenvalue weighted by Crippen LogP contribution is 2.19. The van der Waals surface area contributed by atoms with Crippen LogP contribution in [0.15, 0.2) is 35.2 Å². The van der Waals surface area contributed by atoms with Crippen molar-refractivity contribution in [3.8, 4) is 29.3 Å². The zero-order valence-corrected chi connectivity index (χ0v) is 9.98. The topological polar surface area (TPSA) is 93.4 Å². The number of nitrogens with zero attached hydrogens (tertiary/aromatic N) is 6. The molecule has 0 N–H and O–H groups in total. The first-order valence-corrected chi connectivity index (χ1v) is 5.46. The van der Waals surface area contributed by atoms with E-state index in [1.807, 2.05) is 13.1 Å². The molecule has 0 bridgehead atoms. The summed E-state index contributed by atoms with van der Waals surface area (Å²) in [6.07, 6.45) is 4.91. The average Bonchev–Trinajstić information content (AvgIpc) is 3.07. The van der Waals surface area contributed by atoms with E-state index in [4.69, 9.17) is 9.78 Å². The standard InChI is InChI=1S/C12H8N6O/c1-18-5-4-14-11(18)10-16-12(19-17-10)9-3-2-8(6-13)7-15-9/h2-5,7H,1H3. The highest BCUT2D eigenvalue weighted by atomic mass is 16.5. The van der Waals surface area contributed by atoms with Crippen LogP contribution in [0, 0.1) is 11.3 Å². The summed E-state index contributed by atoms with van der Waals surface area (Å²) < 4.78 is 6.94. The van der Waals surface area contributed by atoms with Gasteiger partial charge in [0.2, 0.25) is 5.82 Å². The Kier molecular flexibility index (Phi) is 2.54. The largest absolute Gasteiger partial charge is 0.332 e. The van der Waals surface area contributed by atoms with E-state index in [0.717, 1.165) is 0 Å². The molecule has 0 saturated carbocycles. The smallest absolute Gasteiger partial charge is 0.276 e. The van der Waals surface area contributed by atoms with Crippen molar-refractivity contribution >= 4 is 0 Å². The molecule has 92 valence electrons. The third kappa shape index (κ3) is 1.95. The molecule has 0 saturated heterocycles. The Labute approximate surface area is 108 Å². The summed E-state index contributed by atoms with van der Waals surface area (Å²) in [5.41, 5.74) is 1.000. The molecule has 0 atom stereocenters. The van der Waals surface area contributed by atoms with E-state index in [9.17, 15) is 0 Å². The van der Waals surface area contributed by atoms with Gasteiger partial charge >= 0.3 is 0 Å². The molecule has 3 aromatic heterocycles. The van der Waals surface area contributed by atoms with E-state index in [1.165, 1.54) is 6.20 Å². The van der Waals surface area contributed by atoms with Crippen LogP contribution < -0.4 is 0 Å². The molecular formula is C12H8N6O. The minimum atomic E-state index is 0.294. The van der Waals surface area contributed by atoms with E-state index in [1.54, 1.807) is 29.1 Å². The molecular weight excluding hydrogens is 244 g/mol. The molecule has 0 radical (unpaired) electrons. The fourth-order valence-electron chi connectivity index (χ4n) is 1.59. The van der Waals surface area contributed by atoms with E-state index >= 15 is 0 Å². The molecule has 0 aliphatic rings. The Morgan fingerprint density at radius 2 is 2.21 bits per heavy atom. The van der Waals surface area contributed by atoms with Gasteiger partial charge in [0.15, 0.2) is 5.82 Å². The van der Waals surface area contributed by atoms with Crippen molar-refractivity contribution in [2.75, 3.05) is 0 Å². The molecule has 0 aliphatic heterocycles. The van der Waals surface area contributed by atoms with E-state index in [2.05, 4.69) is 20.1 Å². The van der Waals surface area contributed by atoms with Crippen molar-refractivity contribution in [1.29, 1.82) is 5.26 Å². The molecule has 7 heteroatoms. The van der Waals surface area contributed by atoms with Crippen LogP contribution in [0.3, 0.4) is 0 Å². The molecule has 7 nitrogen and oxygen atoms in total. The number of pyridine rings is 1. The Bertz CT molecular complexity index is 749. The summed E-state index contributed by atoms with van der Waals surface area (Å²) in [6.45, 7) is 0. The van der Waals surface area contributed by atoms with Gasteiger partial charge in [-0.1, -0.05) is 5.16 Å². The number of hydrogen-bond donors (Lipinski definition) is 0. The lowest BCUT2D eigenvalue weighted by atomic mass is 10.3. The molecule has 19 heavy (non-hydrogen) atoms. The van der Waals surface area contributed by atoms with Gasteiger partial charge in [-0.3, -0.25) is 0 Å². The van der Waals surface area contributed by atoms with Crippen LogP contribution in [0.5, 0.6) is 0 Å². The van der Waals surface area contributed by atoms with Crippen LogP contribution in [0.2, 0.25) is 0 Å². The molecule has 3 heterocycles. The monoisotopic (exact) mass is 252 g/mol. The zero-order valence-electron chi connectivity index (χ0n) is 9.98.